The fourth-order valence-corrected chi connectivity index (χ4v) is 1.69. The maximum Gasteiger partial charge on any atom is 0.114 e. The molecule has 2 aromatic rings. The van der Waals surface area contributed by atoms with Crippen LogP contribution in [0.1, 0.15) is 11.3 Å². The second-order valence-electron chi connectivity index (χ2n) is 3.53. The van der Waals surface area contributed by atoms with Gasteiger partial charge in [-0.15, -0.1) is 11.8 Å². The van der Waals surface area contributed by atoms with Crippen molar-refractivity contribution < 1.29 is 4.74 Å². The number of thioether (sulfide) groups is 1. The van der Waals surface area contributed by atoms with Crippen LogP contribution in [0, 0.1) is 0 Å². The molecular weight excluding hydrogens is 232 g/mol. The Bertz CT molecular complexity index is 445. The average Bonchev–Trinajstić information content (AvgIpc) is 2.41. The van der Waals surface area contributed by atoms with Gasteiger partial charge in [0.2, 0.25) is 0 Å². The minimum Gasteiger partial charge on any atom is -0.370 e. The highest BCUT2D eigenvalue weighted by molar-refractivity contribution is 7.98. The van der Waals surface area contributed by atoms with Crippen molar-refractivity contribution >= 4 is 11.8 Å². The number of hydrogen-bond donors (Lipinski definition) is 0. The highest BCUT2D eigenvalue weighted by atomic mass is 32.2. The molecule has 1 aromatic heterocycles. The van der Waals surface area contributed by atoms with E-state index in [4.69, 9.17) is 4.74 Å². The van der Waals surface area contributed by atoms with Crippen LogP contribution in [0.5, 0.6) is 0 Å². The molecule has 1 aromatic carbocycles. The number of rotatable bonds is 5. The molecule has 0 aliphatic heterocycles. The Morgan fingerprint density at radius 2 is 1.88 bits per heavy atom. The minimum atomic E-state index is 0.497. The zero-order valence-electron chi connectivity index (χ0n) is 9.67. The minimum absolute atomic E-state index is 0.497. The van der Waals surface area contributed by atoms with Gasteiger partial charge in [-0.2, -0.15) is 0 Å². The van der Waals surface area contributed by atoms with Gasteiger partial charge in [-0.05, 0) is 11.8 Å². The molecule has 2 rings (SSSR count). The molecule has 0 fully saturated rings. The van der Waals surface area contributed by atoms with Crippen LogP contribution in [0.15, 0.2) is 47.8 Å². The van der Waals surface area contributed by atoms with Gasteiger partial charge in [0, 0.05) is 0 Å². The predicted octanol–water partition coefficient (Wildman–Crippen LogP) is 2.92. The largest absolute Gasteiger partial charge is 0.370 e. The molecule has 0 radical (unpaired) electrons. The van der Waals surface area contributed by atoms with E-state index in [0.29, 0.717) is 13.2 Å². The van der Waals surface area contributed by atoms with Gasteiger partial charge in [-0.1, -0.05) is 30.3 Å². The molecule has 0 atom stereocenters. The van der Waals surface area contributed by atoms with Gasteiger partial charge >= 0.3 is 0 Å². The van der Waals surface area contributed by atoms with E-state index in [1.165, 1.54) is 5.56 Å². The number of hydrogen-bond acceptors (Lipinski definition) is 4. The molecule has 0 aliphatic carbocycles. The summed E-state index contributed by atoms with van der Waals surface area (Å²) in [6.07, 6.45) is 5.51. The summed E-state index contributed by atoms with van der Waals surface area (Å²) in [7, 11) is 0. The van der Waals surface area contributed by atoms with Crippen molar-refractivity contribution in [1.29, 1.82) is 0 Å². The monoisotopic (exact) mass is 246 g/mol. The Morgan fingerprint density at radius 1 is 1.06 bits per heavy atom. The third kappa shape index (κ3) is 3.84. The second kappa shape index (κ2) is 6.37. The van der Waals surface area contributed by atoms with Gasteiger partial charge in [-0.25, -0.2) is 4.98 Å². The summed E-state index contributed by atoms with van der Waals surface area (Å²) in [4.78, 5) is 8.52. The Balaban J connectivity index is 1.82. The molecule has 88 valence electrons. The summed E-state index contributed by atoms with van der Waals surface area (Å²) >= 11 is 1.58. The average molecular weight is 246 g/mol. The molecule has 0 aliphatic rings. The van der Waals surface area contributed by atoms with E-state index in [0.717, 1.165) is 10.7 Å². The van der Waals surface area contributed by atoms with Crippen LogP contribution in [0.3, 0.4) is 0 Å². The van der Waals surface area contributed by atoms with Gasteiger partial charge in [-0.3, -0.25) is 4.98 Å². The molecule has 0 unspecified atom stereocenters. The van der Waals surface area contributed by atoms with Crippen LogP contribution in [0.25, 0.3) is 0 Å². The van der Waals surface area contributed by atoms with E-state index in [1.54, 1.807) is 24.2 Å². The predicted molar refractivity (Wildman–Crippen MR) is 68.7 cm³/mol. The highest BCUT2D eigenvalue weighted by Crippen LogP contribution is 2.09. The lowest BCUT2D eigenvalue weighted by Gasteiger charge is -2.04. The zero-order chi connectivity index (χ0) is 11.9. The molecule has 17 heavy (non-hydrogen) atoms. The number of benzene rings is 1. The van der Waals surface area contributed by atoms with Gasteiger partial charge in [0.15, 0.2) is 0 Å². The Labute approximate surface area is 105 Å². The van der Waals surface area contributed by atoms with E-state index in [9.17, 15) is 0 Å². The first-order valence-corrected chi connectivity index (χ1v) is 6.57. The number of aromatic nitrogens is 2. The molecule has 0 amide bonds. The van der Waals surface area contributed by atoms with E-state index in [2.05, 4.69) is 9.97 Å². The van der Waals surface area contributed by atoms with Crippen molar-refractivity contribution in [1.82, 2.24) is 9.97 Å². The van der Waals surface area contributed by atoms with Crippen molar-refractivity contribution in [2.45, 2.75) is 18.2 Å². The van der Waals surface area contributed by atoms with Crippen LogP contribution in [0.2, 0.25) is 0 Å². The SMILES string of the molecule is CSc1cnc(COCc2ccccc2)cn1. The molecule has 0 N–H and O–H groups in total. The Morgan fingerprint density at radius 3 is 2.53 bits per heavy atom. The van der Waals surface area contributed by atoms with Crippen LogP contribution in [-0.2, 0) is 18.0 Å². The van der Waals surface area contributed by atoms with E-state index in [1.807, 2.05) is 36.6 Å². The van der Waals surface area contributed by atoms with E-state index >= 15 is 0 Å². The fourth-order valence-electron chi connectivity index (χ4n) is 1.37. The molecule has 0 spiro atoms. The summed E-state index contributed by atoms with van der Waals surface area (Å²) in [5, 5.41) is 0.928. The quantitative estimate of drug-likeness (QED) is 0.760. The lowest BCUT2D eigenvalue weighted by Crippen LogP contribution is -1.97. The molecular formula is C13H14N2OS. The van der Waals surface area contributed by atoms with Crippen LogP contribution in [0.4, 0.5) is 0 Å². The molecule has 3 nitrogen and oxygen atoms in total. The van der Waals surface area contributed by atoms with Gasteiger partial charge < -0.3 is 4.74 Å². The van der Waals surface area contributed by atoms with E-state index in [-0.39, 0.29) is 0 Å². The van der Waals surface area contributed by atoms with Gasteiger partial charge in [0.05, 0.1) is 31.3 Å². The lowest BCUT2D eigenvalue weighted by molar-refractivity contribution is 0.104. The molecule has 4 heteroatoms. The van der Waals surface area contributed by atoms with Crippen molar-refractivity contribution in [3.05, 3.63) is 54.0 Å². The van der Waals surface area contributed by atoms with Crippen molar-refractivity contribution in [3.63, 3.8) is 0 Å². The number of ether oxygens (including phenoxy) is 1. The van der Waals surface area contributed by atoms with E-state index < -0.39 is 0 Å². The first-order valence-electron chi connectivity index (χ1n) is 5.35. The topological polar surface area (TPSA) is 35.0 Å². The van der Waals surface area contributed by atoms with Crippen molar-refractivity contribution in [2.24, 2.45) is 0 Å². The third-order valence-corrected chi connectivity index (χ3v) is 2.88. The third-order valence-electron chi connectivity index (χ3n) is 2.25. The molecule has 0 bridgehead atoms. The number of nitrogens with zero attached hydrogens (tertiary/aromatic N) is 2. The maximum atomic E-state index is 5.57. The molecule has 0 saturated carbocycles. The van der Waals surface area contributed by atoms with Crippen molar-refractivity contribution in [2.75, 3.05) is 6.26 Å². The smallest absolute Gasteiger partial charge is 0.114 e. The summed E-state index contributed by atoms with van der Waals surface area (Å²) in [6, 6.07) is 10.1. The zero-order valence-corrected chi connectivity index (χ0v) is 10.5. The lowest BCUT2D eigenvalue weighted by atomic mass is 10.2. The normalized spacial score (nSPS) is 10.4. The first-order chi connectivity index (χ1) is 8.38. The maximum absolute atomic E-state index is 5.57. The van der Waals surface area contributed by atoms with Crippen LogP contribution < -0.4 is 0 Å². The standard InChI is InChI=1S/C13H14N2OS/c1-17-13-8-14-12(7-15-13)10-16-9-11-5-3-2-4-6-11/h2-8H,9-10H2,1H3. The summed E-state index contributed by atoms with van der Waals surface area (Å²) in [6.45, 7) is 1.10. The second-order valence-corrected chi connectivity index (χ2v) is 4.36. The van der Waals surface area contributed by atoms with Gasteiger partial charge in [0.1, 0.15) is 5.03 Å². The van der Waals surface area contributed by atoms with Crippen molar-refractivity contribution in [3.8, 4) is 0 Å². The highest BCUT2D eigenvalue weighted by Gasteiger charge is 1.97. The Kier molecular flexibility index (Phi) is 4.53. The molecule has 0 saturated heterocycles. The fraction of sp³-hybridized carbons (Fsp3) is 0.231. The Hall–Kier alpha value is -1.39. The first kappa shape index (κ1) is 12.1. The summed E-state index contributed by atoms with van der Waals surface area (Å²) in [5.41, 5.74) is 2.03. The molecule has 1 heterocycles. The summed E-state index contributed by atoms with van der Waals surface area (Å²) < 4.78 is 5.57. The van der Waals surface area contributed by atoms with Gasteiger partial charge in [0.25, 0.3) is 0 Å². The summed E-state index contributed by atoms with van der Waals surface area (Å²) in [5.74, 6) is 0. The van der Waals surface area contributed by atoms with Crippen LogP contribution in [-0.4, -0.2) is 16.2 Å². The van der Waals surface area contributed by atoms with Crippen LogP contribution >= 0.6 is 11.8 Å².